The van der Waals surface area contributed by atoms with Crippen LogP contribution >= 0.6 is 0 Å². The molecule has 106 valence electrons. The van der Waals surface area contributed by atoms with E-state index in [0.717, 1.165) is 5.69 Å². The Labute approximate surface area is 116 Å². The predicted molar refractivity (Wildman–Crippen MR) is 81.0 cm³/mol. The number of hydrogen-bond donors (Lipinski definition) is 2. The number of amides is 1. The first-order chi connectivity index (χ1) is 8.82. The molecule has 0 bridgehead atoms. The SMILES string of the molecule is CC(C)C(C)N(C)C(C)C(=O)Nc1ccc(N)cc1. The summed E-state index contributed by atoms with van der Waals surface area (Å²) in [6, 6.07) is 7.36. The van der Waals surface area contributed by atoms with Crippen molar-refractivity contribution in [2.75, 3.05) is 18.1 Å². The van der Waals surface area contributed by atoms with Gasteiger partial charge in [-0.2, -0.15) is 0 Å². The van der Waals surface area contributed by atoms with Gasteiger partial charge in [-0.1, -0.05) is 13.8 Å². The number of nitrogens with two attached hydrogens (primary N) is 1. The first kappa shape index (κ1) is 15.5. The molecule has 1 amide bonds. The van der Waals surface area contributed by atoms with Crippen LogP contribution in [0.25, 0.3) is 0 Å². The van der Waals surface area contributed by atoms with Crippen molar-refractivity contribution in [2.45, 2.75) is 39.8 Å². The Morgan fingerprint density at radius 2 is 1.68 bits per heavy atom. The summed E-state index contributed by atoms with van der Waals surface area (Å²) in [5.41, 5.74) is 7.08. The summed E-state index contributed by atoms with van der Waals surface area (Å²) in [7, 11) is 1.98. The van der Waals surface area contributed by atoms with Crippen molar-refractivity contribution in [3.63, 3.8) is 0 Å². The Kier molecular flexibility index (Phi) is 5.36. The lowest BCUT2D eigenvalue weighted by atomic mass is 10.0. The molecule has 0 fully saturated rings. The maximum atomic E-state index is 12.2. The van der Waals surface area contributed by atoms with E-state index in [0.29, 0.717) is 17.6 Å². The monoisotopic (exact) mass is 263 g/mol. The molecule has 0 spiro atoms. The molecule has 0 saturated heterocycles. The van der Waals surface area contributed by atoms with Crippen LogP contribution in [0, 0.1) is 5.92 Å². The van der Waals surface area contributed by atoms with Gasteiger partial charge in [-0.25, -0.2) is 0 Å². The maximum absolute atomic E-state index is 12.2. The third kappa shape index (κ3) is 4.24. The van der Waals surface area contributed by atoms with Gasteiger partial charge in [0.1, 0.15) is 0 Å². The molecule has 0 saturated carbocycles. The second-order valence-electron chi connectivity index (χ2n) is 5.44. The van der Waals surface area contributed by atoms with Gasteiger partial charge in [0.05, 0.1) is 6.04 Å². The van der Waals surface area contributed by atoms with Gasteiger partial charge >= 0.3 is 0 Å². The van der Waals surface area contributed by atoms with Crippen molar-refractivity contribution >= 4 is 17.3 Å². The molecule has 19 heavy (non-hydrogen) atoms. The number of carbonyl (C=O) groups is 1. The molecular weight excluding hydrogens is 238 g/mol. The van der Waals surface area contributed by atoms with E-state index in [-0.39, 0.29) is 11.9 Å². The van der Waals surface area contributed by atoms with Crippen molar-refractivity contribution in [3.05, 3.63) is 24.3 Å². The van der Waals surface area contributed by atoms with Crippen LogP contribution < -0.4 is 11.1 Å². The number of nitrogens with one attached hydrogen (secondary N) is 1. The van der Waals surface area contributed by atoms with E-state index in [4.69, 9.17) is 5.73 Å². The Morgan fingerprint density at radius 3 is 2.16 bits per heavy atom. The van der Waals surface area contributed by atoms with Gasteiger partial charge in [-0.05, 0) is 51.1 Å². The van der Waals surface area contributed by atoms with Crippen molar-refractivity contribution in [1.82, 2.24) is 4.90 Å². The zero-order chi connectivity index (χ0) is 14.6. The van der Waals surface area contributed by atoms with E-state index >= 15 is 0 Å². The Balaban J connectivity index is 2.64. The lowest BCUT2D eigenvalue weighted by Gasteiger charge is -2.32. The summed E-state index contributed by atoms with van der Waals surface area (Å²) in [5, 5.41) is 2.91. The van der Waals surface area contributed by atoms with Gasteiger partial charge in [0, 0.05) is 17.4 Å². The molecule has 4 nitrogen and oxygen atoms in total. The number of likely N-dealkylation sites (N-methyl/N-ethyl adjacent to an activating group) is 1. The van der Waals surface area contributed by atoms with Crippen LogP contribution in [-0.4, -0.2) is 29.9 Å². The molecule has 0 aliphatic rings. The average Bonchev–Trinajstić information content (AvgIpc) is 2.38. The minimum Gasteiger partial charge on any atom is -0.399 e. The fraction of sp³-hybridized carbons (Fsp3) is 0.533. The number of anilines is 2. The minimum absolute atomic E-state index is 0.000212. The molecule has 0 aliphatic carbocycles. The normalized spacial score (nSPS) is 14.5. The molecule has 2 unspecified atom stereocenters. The van der Waals surface area contributed by atoms with E-state index in [9.17, 15) is 4.79 Å². The first-order valence-corrected chi connectivity index (χ1v) is 6.71. The number of hydrogen-bond acceptors (Lipinski definition) is 3. The van der Waals surface area contributed by atoms with Crippen LogP contribution in [0.3, 0.4) is 0 Å². The van der Waals surface area contributed by atoms with Crippen molar-refractivity contribution in [2.24, 2.45) is 5.92 Å². The van der Waals surface area contributed by atoms with Gasteiger partial charge in [0.15, 0.2) is 0 Å². The molecule has 1 aromatic rings. The molecule has 0 aliphatic heterocycles. The largest absolute Gasteiger partial charge is 0.399 e. The minimum atomic E-state index is -0.171. The van der Waals surface area contributed by atoms with Gasteiger partial charge < -0.3 is 11.1 Å². The van der Waals surface area contributed by atoms with Crippen LogP contribution in [0.2, 0.25) is 0 Å². The van der Waals surface area contributed by atoms with Crippen molar-refractivity contribution < 1.29 is 4.79 Å². The summed E-state index contributed by atoms with van der Waals surface area (Å²) in [6.07, 6.45) is 0. The summed E-state index contributed by atoms with van der Waals surface area (Å²) < 4.78 is 0. The standard InChI is InChI=1S/C15H25N3O/c1-10(2)11(3)18(5)12(4)15(19)17-14-8-6-13(16)7-9-14/h6-12H,16H2,1-5H3,(H,17,19). The fourth-order valence-electron chi connectivity index (χ4n) is 1.82. The zero-order valence-corrected chi connectivity index (χ0v) is 12.5. The van der Waals surface area contributed by atoms with Crippen LogP contribution in [0.5, 0.6) is 0 Å². The predicted octanol–water partition coefficient (Wildman–Crippen LogP) is 2.57. The molecule has 1 rings (SSSR count). The van der Waals surface area contributed by atoms with Gasteiger partial charge in [-0.3, -0.25) is 9.69 Å². The summed E-state index contributed by atoms with van der Waals surface area (Å²) in [6.45, 7) is 8.38. The molecule has 0 aromatic heterocycles. The van der Waals surface area contributed by atoms with E-state index < -0.39 is 0 Å². The van der Waals surface area contributed by atoms with Gasteiger partial charge in [0.25, 0.3) is 0 Å². The number of benzene rings is 1. The lowest BCUT2D eigenvalue weighted by Crippen LogP contribution is -2.46. The molecule has 1 aromatic carbocycles. The Morgan fingerprint density at radius 1 is 1.16 bits per heavy atom. The van der Waals surface area contributed by atoms with Crippen molar-refractivity contribution in [3.8, 4) is 0 Å². The molecule has 4 heteroatoms. The Hall–Kier alpha value is -1.55. The lowest BCUT2D eigenvalue weighted by molar-refractivity contribution is -0.121. The summed E-state index contributed by atoms with van der Waals surface area (Å²) in [5.74, 6) is 0.511. The average molecular weight is 263 g/mol. The second-order valence-corrected chi connectivity index (χ2v) is 5.44. The second kappa shape index (κ2) is 6.57. The van der Waals surface area contributed by atoms with Crippen molar-refractivity contribution in [1.29, 1.82) is 0 Å². The molecule has 0 radical (unpaired) electrons. The fourth-order valence-corrected chi connectivity index (χ4v) is 1.82. The third-order valence-corrected chi connectivity index (χ3v) is 3.78. The quantitative estimate of drug-likeness (QED) is 0.803. The van der Waals surface area contributed by atoms with Crippen LogP contribution in [0.15, 0.2) is 24.3 Å². The highest BCUT2D eigenvalue weighted by Gasteiger charge is 2.23. The van der Waals surface area contributed by atoms with Crippen LogP contribution in [0.1, 0.15) is 27.7 Å². The molecule has 2 atom stereocenters. The highest BCUT2D eigenvalue weighted by molar-refractivity contribution is 5.94. The highest BCUT2D eigenvalue weighted by atomic mass is 16.2. The van der Waals surface area contributed by atoms with E-state index in [1.165, 1.54) is 0 Å². The van der Waals surface area contributed by atoms with Crippen LogP contribution in [-0.2, 0) is 4.79 Å². The van der Waals surface area contributed by atoms with E-state index in [2.05, 4.69) is 31.0 Å². The summed E-state index contributed by atoms with van der Waals surface area (Å²) in [4.78, 5) is 14.3. The number of nitrogens with zero attached hydrogens (tertiary/aromatic N) is 1. The van der Waals surface area contributed by atoms with Crippen LogP contribution in [0.4, 0.5) is 11.4 Å². The van der Waals surface area contributed by atoms with Gasteiger partial charge in [0.2, 0.25) is 5.91 Å². The van der Waals surface area contributed by atoms with Gasteiger partial charge in [-0.15, -0.1) is 0 Å². The highest BCUT2D eigenvalue weighted by Crippen LogP contribution is 2.14. The molecule has 3 N–H and O–H groups in total. The number of rotatable bonds is 5. The Bertz CT molecular complexity index is 414. The number of nitrogen functional groups attached to an aromatic ring is 1. The number of carbonyl (C=O) groups excluding carboxylic acids is 1. The summed E-state index contributed by atoms with van der Waals surface area (Å²) >= 11 is 0. The topological polar surface area (TPSA) is 58.4 Å². The smallest absolute Gasteiger partial charge is 0.241 e. The zero-order valence-electron chi connectivity index (χ0n) is 12.5. The van der Waals surface area contributed by atoms with E-state index in [1.807, 2.05) is 26.1 Å². The third-order valence-electron chi connectivity index (χ3n) is 3.78. The first-order valence-electron chi connectivity index (χ1n) is 6.71. The maximum Gasteiger partial charge on any atom is 0.241 e. The molecule has 0 heterocycles. The molecular formula is C15H25N3O. The van der Waals surface area contributed by atoms with E-state index in [1.54, 1.807) is 12.1 Å².